The van der Waals surface area contributed by atoms with E-state index < -0.39 is 0 Å². The molecule has 348 valence electrons. The molecule has 0 fully saturated rings. The van der Waals surface area contributed by atoms with Gasteiger partial charge in [-0.25, -0.2) is 4.98 Å². The van der Waals surface area contributed by atoms with Crippen molar-refractivity contribution in [2.45, 2.75) is 124 Å². The van der Waals surface area contributed by atoms with Gasteiger partial charge in [0.15, 0.2) is 0 Å². The van der Waals surface area contributed by atoms with Crippen molar-refractivity contribution in [2.75, 3.05) is 16.5 Å². The van der Waals surface area contributed by atoms with Gasteiger partial charge < -0.3 is 14.5 Å². The number of benzene rings is 6. The summed E-state index contributed by atoms with van der Waals surface area (Å²) in [5.41, 5.74) is 13.9. The maximum atomic E-state index is 7.11. The molecular weight excluding hydrogens is 829 g/mol. The number of rotatable bonds is 8. The van der Waals surface area contributed by atoms with Gasteiger partial charge in [-0.05, 0) is 121 Å². The summed E-state index contributed by atoms with van der Waals surface area (Å²) >= 11 is 0. The van der Waals surface area contributed by atoms with Crippen molar-refractivity contribution in [3.05, 3.63) is 192 Å². The van der Waals surface area contributed by atoms with Gasteiger partial charge in [0.05, 0.1) is 17.7 Å². The minimum absolute atomic E-state index is 0.00594. The van der Waals surface area contributed by atoms with E-state index in [2.05, 4.69) is 263 Å². The first kappa shape index (κ1) is 46.5. The Morgan fingerprint density at radius 1 is 0.441 bits per heavy atom. The number of pyridine rings is 1. The lowest BCUT2D eigenvalue weighted by Gasteiger charge is -2.35. The Kier molecular flexibility index (Phi) is 11.5. The van der Waals surface area contributed by atoms with Crippen LogP contribution in [0.15, 0.2) is 164 Å². The number of nitrogens with zero attached hydrogens (tertiary/aromatic N) is 4. The van der Waals surface area contributed by atoms with Gasteiger partial charge in [-0.2, -0.15) is 0 Å². The Morgan fingerprint density at radius 3 is 1.68 bits per heavy atom. The zero-order valence-electron chi connectivity index (χ0n) is 42.9. The zero-order chi connectivity index (χ0) is 48.6. The van der Waals surface area contributed by atoms with Gasteiger partial charge in [-0.1, -0.05) is 170 Å². The quantitative estimate of drug-likeness (QED) is 0.152. The molecule has 1 aliphatic rings. The second-order valence-electron chi connectivity index (χ2n) is 23.6. The van der Waals surface area contributed by atoms with Crippen LogP contribution in [0.1, 0.15) is 125 Å². The third-order valence-corrected chi connectivity index (χ3v) is 14.0. The molecular formula is C63H70N4O. The largest absolute Gasteiger partial charge is 0.457 e. The lowest BCUT2D eigenvalue weighted by Crippen LogP contribution is -2.34. The molecule has 0 unspecified atom stereocenters. The molecule has 0 radical (unpaired) electrons. The Morgan fingerprint density at radius 2 is 1.04 bits per heavy atom. The standard InChI is InChI=1S/C63H70N4O/c1-59(2,3)45-29-30-64-58(37-45)67-55-28-25-43(42-21-17-15-18-22-42)31-54(55)53-27-26-51(39-56(53)67)68-52-36-48(62(10,11)12)35-50(38-52)66-41-65(40-57(66)63(13,14)44-23-19-16-20-24-44)49-33-46(60(4,5)6)32-47(34-49)61(7,8)9/h15-40H,41H2,1-14H3. The fraction of sp³-hybridized carbons (Fsp3) is 0.317. The fourth-order valence-electron chi connectivity index (χ4n) is 9.50. The van der Waals surface area contributed by atoms with E-state index in [1.165, 1.54) is 55.7 Å². The monoisotopic (exact) mass is 899 g/mol. The van der Waals surface area contributed by atoms with Crippen molar-refractivity contribution in [2.24, 2.45) is 0 Å². The highest BCUT2D eigenvalue weighted by Gasteiger charge is 2.37. The molecule has 0 atom stereocenters. The molecule has 0 saturated heterocycles. The third kappa shape index (κ3) is 9.08. The van der Waals surface area contributed by atoms with E-state index in [-0.39, 0.29) is 27.1 Å². The first-order valence-electron chi connectivity index (χ1n) is 24.4. The predicted molar refractivity (Wildman–Crippen MR) is 289 cm³/mol. The van der Waals surface area contributed by atoms with Gasteiger partial charge in [0.25, 0.3) is 0 Å². The Balaban J connectivity index is 1.18. The molecule has 0 aliphatic carbocycles. The number of aromatic nitrogens is 2. The average Bonchev–Trinajstić information content (AvgIpc) is 3.89. The van der Waals surface area contributed by atoms with Crippen molar-refractivity contribution >= 4 is 33.2 Å². The second-order valence-corrected chi connectivity index (χ2v) is 23.6. The summed E-state index contributed by atoms with van der Waals surface area (Å²) in [5.74, 6) is 2.46. The lowest BCUT2D eigenvalue weighted by atomic mass is 9.80. The van der Waals surface area contributed by atoms with E-state index in [9.17, 15) is 0 Å². The molecule has 0 N–H and O–H groups in total. The summed E-state index contributed by atoms with van der Waals surface area (Å²) in [6, 6.07) is 53.3. The molecule has 2 aromatic heterocycles. The molecule has 5 heteroatoms. The van der Waals surface area contributed by atoms with Crippen LogP contribution in [0.2, 0.25) is 0 Å². The fourth-order valence-corrected chi connectivity index (χ4v) is 9.50. The molecule has 6 aromatic carbocycles. The Hall–Kier alpha value is -6.59. The van der Waals surface area contributed by atoms with Crippen LogP contribution in [-0.4, -0.2) is 16.2 Å². The average molecular weight is 899 g/mol. The van der Waals surface area contributed by atoms with Gasteiger partial charge >= 0.3 is 0 Å². The minimum atomic E-state index is -0.319. The number of fused-ring (bicyclic) bond motifs is 3. The SMILES string of the molecule is CC(C)(C)c1cc(Oc2ccc3c4cc(-c5ccccc5)ccc4n(-c4cc(C(C)(C)C)ccn4)c3c2)cc(N2CN(c3cc(C(C)(C)C)cc(C(C)(C)C)c3)C=C2C(C)(C)c2ccccc2)c1. The van der Waals surface area contributed by atoms with Crippen LogP contribution in [0.4, 0.5) is 11.4 Å². The molecule has 68 heavy (non-hydrogen) atoms. The van der Waals surface area contributed by atoms with Crippen molar-refractivity contribution in [3.8, 4) is 28.4 Å². The number of hydrogen-bond donors (Lipinski definition) is 0. The zero-order valence-corrected chi connectivity index (χ0v) is 42.9. The first-order valence-corrected chi connectivity index (χ1v) is 24.4. The van der Waals surface area contributed by atoms with E-state index >= 15 is 0 Å². The molecule has 0 saturated carbocycles. The maximum Gasteiger partial charge on any atom is 0.137 e. The highest BCUT2D eigenvalue weighted by molar-refractivity contribution is 6.10. The van der Waals surface area contributed by atoms with Gasteiger partial charge in [-0.15, -0.1) is 0 Å². The smallest absolute Gasteiger partial charge is 0.137 e. The molecule has 1 aliphatic heterocycles. The number of allylic oxidation sites excluding steroid dienone is 1. The summed E-state index contributed by atoms with van der Waals surface area (Å²) in [7, 11) is 0. The van der Waals surface area contributed by atoms with Crippen LogP contribution in [0, 0.1) is 0 Å². The summed E-state index contributed by atoms with van der Waals surface area (Å²) in [6.07, 6.45) is 4.34. The van der Waals surface area contributed by atoms with E-state index in [0.717, 1.165) is 39.4 Å². The minimum Gasteiger partial charge on any atom is -0.457 e. The van der Waals surface area contributed by atoms with E-state index in [1.54, 1.807) is 0 Å². The number of hydrogen-bond acceptors (Lipinski definition) is 4. The molecule has 0 spiro atoms. The van der Waals surface area contributed by atoms with Crippen molar-refractivity contribution in [1.29, 1.82) is 0 Å². The van der Waals surface area contributed by atoms with E-state index in [1.807, 2.05) is 6.20 Å². The maximum absolute atomic E-state index is 7.11. The second kappa shape index (κ2) is 16.9. The number of ether oxygens (including phenoxy) is 1. The van der Waals surface area contributed by atoms with E-state index in [0.29, 0.717) is 6.67 Å². The normalized spacial score (nSPS) is 14.0. The lowest BCUT2D eigenvalue weighted by molar-refractivity contribution is 0.479. The molecule has 9 rings (SSSR count). The number of anilines is 2. The Labute approximate surface area is 406 Å². The van der Waals surface area contributed by atoms with Gasteiger partial charge in [0, 0.05) is 57.8 Å². The Bertz CT molecular complexity index is 3150. The van der Waals surface area contributed by atoms with Crippen LogP contribution in [0.25, 0.3) is 38.8 Å². The molecule has 5 nitrogen and oxygen atoms in total. The third-order valence-electron chi connectivity index (χ3n) is 14.0. The van der Waals surface area contributed by atoms with Crippen LogP contribution >= 0.6 is 0 Å². The van der Waals surface area contributed by atoms with Gasteiger partial charge in [-0.3, -0.25) is 4.57 Å². The van der Waals surface area contributed by atoms with E-state index in [4.69, 9.17) is 9.72 Å². The van der Waals surface area contributed by atoms with Crippen LogP contribution in [0.5, 0.6) is 11.5 Å². The molecule has 8 aromatic rings. The topological polar surface area (TPSA) is 33.5 Å². The summed E-state index contributed by atoms with van der Waals surface area (Å²) in [4.78, 5) is 9.96. The molecule has 3 heterocycles. The molecule has 0 amide bonds. The van der Waals surface area contributed by atoms with Crippen LogP contribution in [-0.2, 0) is 27.1 Å². The molecule has 0 bridgehead atoms. The van der Waals surface area contributed by atoms with Crippen molar-refractivity contribution in [1.82, 2.24) is 9.55 Å². The summed E-state index contributed by atoms with van der Waals surface area (Å²) in [5, 5.41) is 2.33. The predicted octanol–water partition coefficient (Wildman–Crippen LogP) is 16.9. The first-order chi connectivity index (χ1) is 31.9. The van der Waals surface area contributed by atoms with Crippen molar-refractivity contribution < 1.29 is 4.74 Å². The summed E-state index contributed by atoms with van der Waals surface area (Å²) < 4.78 is 9.42. The van der Waals surface area contributed by atoms with Crippen molar-refractivity contribution in [3.63, 3.8) is 0 Å². The van der Waals surface area contributed by atoms with Crippen LogP contribution < -0.4 is 14.5 Å². The highest BCUT2D eigenvalue weighted by atomic mass is 16.5. The van der Waals surface area contributed by atoms with Crippen LogP contribution in [0.3, 0.4) is 0 Å². The summed E-state index contributed by atoms with van der Waals surface area (Å²) in [6.45, 7) is 32.9. The highest BCUT2D eigenvalue weighted by Crippen LogP contribution is 2.45. The van der Waals surface area contributed by atoms with Gasteiger partial charge in [0.2, 0.25) is 0 Å². The van der Waals surface area contributed by atoms with Gasteiger partial charge in [0.1, 0.15) is 17.3 Å².